The maximum absolute atomic E-state index is 10.4. The zero-order chi connectivity index (χ0) is 19.2. The van der Waals surface area contributed by atoms with Crippen molar-refractivity contribution in [3.05, 3.63) is 17.7 Å². The second-order valence-corrected chi connectivity index (χ2v) is 7.40. The van der Waals surface area contributed by atoms with Gasteiger partial charge in [-0.1, -0.05) is 71.6 Å². The molecule has 0 radical (unpaired) electrons. The highest BCUT2D eigenvalue weighted by atomic mass is 16.3. The van der Waals surface area contributed by atoms with Crippen LogP contribution in [0.2, 0.25) is 0 Å². The highest BCUT2D eigenvalue weighted by Crippen LogP contribution is 2.37. The van der Waals surface area contributed by atoms with Gasteiger partial charge in [0.2, 0.25) is 0 Å². The summed E-state index contributed by atoms with van der Waals surface area (Å²) in [5, 5.41) is 24.0. The lowest BCUT2D eigenvalue weighted by atomic mass is 9.92. The first kappa shape index (κ1) is 22.6. The molecule has 4 nitrogen and oxygen atoms in total. The van der Waals surface area contributed by atoms with Crippen LogP contribution >= 0.6 is 0 Å². The Hall–Kier alpha value is -1.42. The Labute approximate surface area is 160 Å². The SMILES string of the molecule is CCCCCCCCNc1cc(O)c(C(CN)CCCCCC)cc1O. The monoisotopic (exact) mass is 364 g/mol. The van der Waals surface area contributed by atoms with Crippen LogP contribution < -0.4 is 11.1 Å². The summed E-state index contributed by atoms with van der Waals surface area (Å²) in [6.45, 7) is 5.72. The first-order chi connectivity index (χ1) is 12.6. The zero-order valence-corrected chi connectivity index (χ0v) is 16.9. The summed E-state index contributed by atoms with van der Waals surface area (Å²) < 4.78 is 0. The molecule has 4 heteroatoms. The molecular weight excluding hydrogens is 324 g/mol. The molecule has 26 heavy (non-hydrogen) atoms. The van der Waals surface area contributed by atoms with Gasteiger partial charge in [0.1, 0.15) is 11.5 Å². The molecule has 0 aliphatic carbocycles. The van der Waals surface area contributed by atoms with Crippen LogP contribution in [0.1, 0.15) is 96.0 Å². The van der Waals surface area contributed by atoms with E-state index in [0.717, 1.165) is 31.4 Å². The third-order valence-corrected chi connectivity index (χ3v) is 5.12. The molecule has 150 valence electrons. The number of hydrogen-bond donors (Lipinski definition) is 4. The van der Waals surface area contributed by atoms with Crippen molar-refractivity contribution >= 4 is 5.69 Å². The van der Waals surface area contributed by atoms with E-state index in [2.05, 4.69) is 19.2 Å². The Balaban J connectivity index is 2.52. The van der Waals surface area contributed by atoms with E-state index in [-0.39, 0.29) is 17.4 Å². The molecule has 0 bridgehead atoms. The van der Waals surface area contributed by atoms with Crippen molar-refractivity contribution in [2.24, 2.45) is 5.73 Å². The van der Waals surface area contributed by atoms with E-state index < -0.39 is 0 Å². The summed E-state index contributed by atoms with van der Waals surface area (Å²) in [4.78, 5) is 0. The normalized spacial score (nSPS) is 12.3. The Morgan fingerprint density at radius 2 is 1.46 bits per heavy atom. The summed E-state index contributed by atoms with van der Waals surface area (Å²) >= 11 is 0. The minimum Gasteiger partial charge on any atom is -0.508 e. The molecule has 0 spiro atoms. The molecule has 0 aliphatic rings. The van der Waals surface area contributed by atoms with E-state index in [1.165, 1.54) is 51.4 Å². The molecule has 0 heterocycles. The number of rotatable bonds is 15. The van der Waals surface area contributed by atoms with Crippen molar-refractivity contribution in [3.63, 3.8) is 0 Å². The first-order valence-corrected chi connectivity index (χ1v) is 10.6. The smallest absolute Gasteiger partial charge is 0.139 e. The minimum absolute atomic E-state index is 0.102. The van der Waals surface area contributed by atoms with Crippen LogP contribution in [0.25, 0.3) is 0 Å². The van der Waals surface area contributed by atoms with E-state index in [1.54, 1.807) is 12.1 Å². The number of nitrogens with one attached hydrogen (secondary N) is 1. The third-order valence-electron chi connectivity index (χ3n) is 5.12. The van der Waals surface area contributed by atoms with Gasteiger partial charge in [-0.2, -0.15) is 0 Å². The lowest BCUT2D eigenvalue weighted by Crippen LogP contribution is -2.13. The fourth-order valence-corrected chi connectivity index (χ4v) is 3.41. The average Bonchev–Trinajstić information content (AvgIpc) is 2.64. The number of aromatic hydroxyl groups is 2. The van der Waals surface area contributed by atoms with E-state index in [4.69, 9.17) is 5.73 Å². The predicted molar refractivity (Wildman–Crippen MR) is 112 cm³/mol. The molecule has 1 unspecified atom stereocenters. The van der Waals surface area contributed by atoms with Crippen molar-refractivity contribution < 1.29 is 10.2 Å². The van der Waals surface area contributed by atoms with Crippen LogP contribution in [0.4, 0.5) is 5.69 Å². The Bertz CT molecular complexity index is 491. The summed E-state index contributed by atoms with van der Waals surface area (Å²) in [5.74, 6) is 0.542. The quantitative estimate of drug-likeness (QED) is 0.178. The van der Waals surface area contributed by atoms with Crippen molar-refractivity contribution in [3.8, 4) is 11.5 Å². The van der Waals surface area contributed by atoms with Gasteiger partial charge in [0.25, 0.3) is 0 Å². The van der Waals surface area contributed by atoms with E-state index in [0.29, 0.717) is 12.2 Å². The van der Waals surface area contributed by atoms with Crippen LogP contribution in [-0.2, 0) is 0 Å². The van der Waals surface area contributed by atoms with Crippen molar-refractivity contribution in [1.29, 1.82) is 0 Å². The molecule has 1 aromatic carbocycles. The Morgan fingerprint density at radius 1 is 0.846 bits per heavy atom. The molecule has 0 aliphatic heterocycles. The maximum Gasteiger partial charge on any atom is 0.139 e. The number of benzene rings is 1. The number of unbranched alkanes of at least 4 members (excludes halogenated alkanes) is 8. The molecule has 0 fully saturated rings. The molecule has 1 atom stereocenters. The fourth-order valence-electron chi connectivity index (χ4n) is 3.41. The van der Waals surface area contributed by atoms with Crippen molar-refractivity contribution in [2.75, 3.05) is 18.4 Å². The number of anilines is 1. The van der Waals surface area contributed by atoms with Gasteiger partial charge in [0, 0.05) is 18.2 Å². The second-order valence-electron chi connectivity index (χ2n) is 7.40. The minimum atomic E-state index is 0.102. The number of phenolic OH excluding ortho intramolecular Hbond substituents is 2. The van der Waals surface area contributed by atoms with Gasteiger partial charge >= 0.3 is 0 Å². The molecule has 0 amide bonds. The average molecular weight is 365 g/mol. The highest BCUT2D eigenvalue weighted by Gasteiger charge is 2.17. The van der Waals surface area contributed by atoms with E-state index in [9.17, 15) is 10.2 Å². The predicted octanol–water partition coefficient (Wildman–Crippen LogP) is 5.88. The summed E-state index contributed by atoms with van der Waals surface area (Å²) in [6, 6.07) is 3.34. The molecule has 1 rings (SSSR count). The molecule has 0 aromatic heterocycles. The molecule has 5 N–H and O–H groups in total. The lowest BCUT2D eigenvalue weighted by Gasteiger charge is -2.19. The van der Waals surface area contributed by atoms with Gasteiger partial charge in [0.15, 0.2) is 0 Å². The highest BCUT2D eigenvalue weighted by molar-refractivity contribution is 5.62. The standard InChI is InChI=1S/C22H40N2O2/c1-3-5-7-9-10-12-14-24-20-16-21(25)19(15-22(20)26)18(17-23)13-11-8-6-4-2/h15-16,18,24-26H,3-14,17,23H2,1-2H3. The second kappa shape index (κ2) is 13.7. The van der Waals surface area contributed by atoms with Gasteiger partial charge in [-0.15, -0.1) is 0 Å². The van der Waals surface area contributed by atoms with Gasteiger partial charge in [-0.05, 0) is 31.4 Å². The first-order valence-electron chi connectivity index (χ1n) is 10.6. The van der Waals surface area contributed by atoms with E-state index >= 15 is 0 Å². The molecule has 0 saturated heterocycles. The molecule has 1 aromatic rings. The topological polar surface area (TPSA) is 78.5 Å². The largest absolute Gasteiger partial charge is 0.508 e. The Morgan fingerprint density at radius 3 is 2.12 bits per heavy atom. The number of hydrogen-bond acceptors (Lipinski definition) is 4. The summed E-state index contributed by atoms with van der Waals surface area (Å²) in [5.41, 5.74) is 7.30. The lowest BCUT2D eigenvalue weighted by molar-refractivity contribution is 0.443. The zero-order valence-electron chi connectivity index (χ0n) is 16.9. The van der Waals surface area contributed by atoms with Crippen LogP contribution in [0, 0.1) is 0 Å². The summed E-state index contributed by atoms with van der Waals surface area (Å²) in [6.07, 6.45) is 13.1. The van der Waals surface area contributed by atoms with Crippen LogP contribution in [-0.4, -0.2) is 23.3 Å². The van der Waals surface area contributed by atoms with Crippen molar-refractivity contribution in [2.45, 2.75) is 90.4 Å². The maximum atomic E-state index is 10.4. The third kappa shape index (κ3) is 8.31. The summed E-state index contributed by atoms with van der Waals surface area (Å²) in [7, 11) is 0. The van der Waals surface area contributed by atoms with Gasteiger partial charge in [-0.3, -0.25) is 0 Å². The van der Waals surface area contributed by atoms with Gasteiger partial charge < -0.3 is 21.3 Å². The van der Waals surface area contributed by atoms with Gasteiger partial charge in [0.05, 0.1) is 5.69 Å². The number of nitrogens with two attached hydrogens (primary N) is 1. The Kier molecular flexibility index (Phi) is 12.0. The van der Waals surface area contributed by atoms with Crippen molar-refractivity contribution in [1.82, 2.24) is 0 Å². The van der Waals surface area contributed by atoms with Gasteiger partial charge in [-0.25, -0.2) is 0 Å². The number of phenols is 2. The van der Waals surface area contributed by atoms with Crippen LogP contribution in [0.15, 0.2) is 12.1 Å². The van der Waals surface area contributed by atoms with Crippen LogP contribution in [0.5, 0.6) is 11.5 Å². The molecule has 0 saturated carbocycles. The fraction of sp³-hybridized carbons (Fsp3) is 0.727. The molecular formula is C22H40N2O2. The van der Waals surface area contributed by atoms with Crippen LogP contribution in [0.3, 0.4) is 0 Å². The van der Waals surface area contributed by atoms with E-state index in [1.807, 2.05) is 0 Å².